The summed E-state index contributed by atoms with van der Waals surface area (Å²) in [5.41, 5.74) is 1.94. The lowest BCUT2D eigenvalue weighted by atomic mass is 10.1. The number of benzene rings is 2. The van der Waals surface area contributed by atoms with E-state index in [2.05, 4.69) is 10.4 Å². The number of para-hydroxylation sites is 1. The van der Waals surface area contributed by atoms with Gasteiger partial charge in [0.05, 0.1) is 17.4 Å². The molecule has 31 heavy (non-hydrogen) atoms. The van der Waals surface area contributed by atoms with Gasteiger partial charge in [-0.05, 0) is 44.0 Å². The Bertz CT molecular complexity index is 1390. The zero-order chi connectivity index (χ0) is 22.1. The highest BCUT2D eigenvalue weighted by Crippen LogP contribution is 2.13. The lowest BCUT2D eigenvalue weighted by molar-refractivity contribution is -0.121. The van der Waals surface area contributed by atoms with Crippen LogP contribution in [0.3, 0.4) is 0 Å². The van der Waals surface area contributed by atoms with Gasteiger partial charge in [-0.25, -0.2) is 13.9 Å². The number of hydrogen-bond donors (Lipinski definition) is 1. The number of aromatic nitrogens is 4. The molecule has 0 saturated carbocycles. The van der Waals surface area contributed by atoms with Gasteiger partial charge in [0.15, 0.2) is 0 Å². The summed E-state index contributed by atoms with van der Waals surface area (Å²) in [7, 11) is 0. The molecule has 160 valence electrons. The van der Waals surface area contributed by atoms with Crippen molar-refractivity contribution in [2.75, 3.05) is 0 Å². The van der Waals surface area contributed by atoms with Gasteiger partial charge in [0.25, 0.3) is 5.56 Å². The standard InChI is InChI=1S/C23H25N5O3/c1-15(2)24-20(29)12-13-26-21(30)18-10-6-7-11-19(18)28-22(26)25-27(23(28)31)14-17-9-5-4-8-16(17)3/h4-11,15H,12-14H2,1-3H3,(H,24,29). The molecule has 8 nitrogen and oxygen atoms in total. The number of rotatable bonds is 6. The number of fused-ring (bicyclic) bond motifs is 3. The normalized spacial score (nSPS) is 11.5. The van der Waals surface area contributed by atoms with Gasteiger partial charge >= 0.3 is 5.69 Å². The maximum Gasteiger partial charge on any atom is 0.352 e. The molecule has 4 aromatic rings. The number of amides is 1. The Labute approximate surface area is 178 Å². The molecule has 0 spiro atoms. The fourth-order valence-corrected chi connectivity index (χ4v) is 3.73. The highest BCUT2D eigenvalue weighted by molar-refractivity contribution is 5.80. The number of carbonyl (C=O) groups excluding carboxylic acids is 1. The zero-order valence-electron chi connectivity index (χ0n) is 17.8. The van der Waals surface area contributed by atoms with Crippen LogP contribution in [0.5, 0.6) is 0 Å². The molecule has 0 saturated heterocycles. The topological polar surface area (TPSA) is 90.4 Å². The Balaban J connectivity index is 1.87. The van der Waals surface area contributed by atoms with E-state index >= 15 is 0 Å². The summed E-state index contributed by atoms with van der Waals surface area (Å²) in [4.78, 5) is 38.6. The molecule has 2 aromatic carbocycles. The summed E-state index contributed by atoms with van der Waals surface area (Å²) in [6.45, 7) is 6.17. The summed E-state index contributed by atoms with van der Waals surface area (Å²) >= 11 is 0. The van der Waals surface area contributed by atoms with Gasteiger partial charge in [-0.3, -0.25) is 14.2 Å². The second-order valence-electron chi connectivity index (χ2n) is 7.95. The van der Waals surface area contributed by atoms with Crippen LogP contribution in [-0.2, 0) is 17.9 Å². The van der Waals surface area contributed by atoms with Crippen molar-refractivity contribution in [1.82, 2.24) is 24.1 Å². The lowest BCUT2D eigenvalue weighted by Gasteiger charge is -2.11. The average molecular weight is 419 g/mol. The number of nitrogens with zero attached hydrogens (tertiary/aromatic N) is 4. The SMILES string of the molecule is Cc1ccccc1Cn1nc2n(CCC(=O)NC(C)C)c(=O)c3ccccc3n2c1=O. The molecule has 0 radical (unpaired) electrons. The first-order valence-corrected chi connectivity index (χ1v) is 10.3. The van der Waals surface area contributed by atoms with E-state index in [1.165, 1.54) is 13.6 Å². The van der Waals surface area contributed by atoms with Crippen LogP contribution in [-0.4, -0.2) is 30.7 Å². The van der Waals surface area contributed by atoms with E-state index in [-0.39, 0.29) is 41.9 Å². The van der Waals surface area contributed by atoms with Gasteiger partial charge in [0.2, 0.25) is 11.7 Å². The summed E-state index contributed by atoms with van der Waals surface area (Å²) in [5.74, 6) is 0.0783. The summed E-state index contributed by atoms with van der Waals surface area (Å²) < 4.78 is 4.24. The van der Waals surface area contributed by atoms with E-state index in [4.69, 9.17) is 0 Å². The quantitative estimate of drug-likeness (QED) is 0.518. The van der Waals surface area contributed by atoms with Crippen molar-refractivity contribution < 1.29 is 4.79 Å². The van der Waals surface area contributed by atoms with Crippen molar-refractivity contribution in [1.29, 1.82) is 0 Å². The minimum absolute atomic E-state index is 0.0109. The molecule has 0 aliphatic rings. The van der Waals surface area contributed by atoms with Gasteiger partial charge in [0.1, 0.15) is 0 Å². The van der Waals surface area contributed by atoms with Crippen molar-refractivity contribution >= 4 is 22.6 Å². The van der Waals surface area contributed by atoms with E-state index in [0.29, 0.717) is 17.4 Å². The van der Waals surface area contributed by atoms with Crippen LogP contribution in [0.2, 0.25) is 0 Å². The van der Waals surface area contributed by atoms with Gasteiger partial charge in [-0.15, -0.1) is 5.10 Å². The molecule has 1 amide bonds. The smallest absolute Gasteiger partial charge is 0.352 e. The number of aryl methyl sites for hydroxylation is 2. The third kappa shape index (κ3) is 3.88. The summed E-state index contributed by atoms with van der Waals surface area (Å²) in [6.07, 6.45) is 0.116. The van der Waals surface area contributed by atoms with Gasteiger partial charge in [0, 0.05) is 19.0 Å². The first kappa shape index (κ1) is 20.6. The summed E-state index contributed by atoms with van der Waals surface area (Å²) in [5, 5.41) is 7.74. The van der Waals surface area contributed by atoms with Crippen molar-refractivity contribution in [2.45, 2.75) is 46.3 Å². The second-order valence-corrected chi connectivity index (χ2v) is 7.95. The molecule has 4 rings (SSSR count). The molecule has 2 aromatic heterocycles. The van der Waals surface area contributed by atoms with Crippen LogP contribution in [0, 0.1) is 6.92 Å². The van der Waals surface area contributed by atoms with Crippen LogP contribution in [0.1, 0.15) is 31.4 Å². The van der Waals surface area contributed by atoms with Gasteiger partial charge in [-0.1, -0.05) is 36.4 Å². The van der Waals surface area contributed by atoms with Crippen LogP contribution in [0.15, 0.2) is 58.1 Å². The lowest BCUT2D eigenvalue weighted by Crippen LogP contribution is -2.32. The molecule has 0 bridgehead atoms. The molecule has 0 atom stereocenters. The van der Waals surface area contributed by atoms with Crippen molar-refractivity contribution in [3.8, 4) is 0 Å². The van der Waals surface area contributed by atoms with Crippen LogP contribution in [0.25, 0.3) is 16.7 Å². The average Bonchev–Trinajstić information content (AvgIpc) is 3.05. The van der Waals surface area contributed by atoms with Gasteiger partial charge < -0.3 is 5.32 Å². The van der Waals surface area contributed by atoms with E-state index in [9.17, 15) is 14.4 Å². The zero-order valence-corrected chi connectivity index (χ0v) is 17.8. The molecule has 0 aliphatic heterocycles. The fraction of sp³-hybridized carbons (Fsp3) is 0.304. The highest BCUT2D eigenvalue weighted by Gasteiger charge is 2.18. The monoisotopic (exact) mass is 419 g/mol. The van der Waals surface area contributed by atoms with Crippen LogP contribution < -0.4 is 16.6 Å². The Kier molecular flexibility index (Phi) is 5.46. The highest BCUT2D eigenvalue weighted by atomic mass is 16.2. The molecular weight excluding hydrogens is 394 g/mol. The van der Waals surface area contributed by atoms with E-state index in [1.807, 2.05) is 45.0 Å². The molecule has 0 unspecified atom stereocenters. The third-order valence-corrected chi connectivity index (χ3v) is 5.28. The van der Waals surface area contributed by atoms with Crippen LogP contribution in [0.4, 0.5) is 0 Å². The first-order chi connectivity index (χ1) is 14.9. The predicted molar refractivity (Wildman–Crippen MR) is 119 cm³/mol. The Morgan fingerprint density at radius 1 is 1.06 bits per heavy atom. The predicted octanol–water partition coefficient (Wildman–Crippen LogP) is 2.08. The largest absolute Gasteiger partial charge is 0.354 e. The van der Waals surface area contributed by atoms with E-state index < -0.39 is 0 Å². The minimum atomic E-state index is -0.324. The molecule has 0 aliphatic carbocycles. The molecule has 2 heterocycles. The number of hydrogen-bond acceptors (Lipinski definition) is 4. The van der Waals surface area contributed by atoms with E-state index in [0.717, 1.165) is 11.1 Å². The van der Waals surface area contributed by atoms with Crippen molar-refractivity contribution in [2.24, 2.45) is 0 Å². The van der Waals surface area contributed by atoms with E-state index in [1.54, 1.807) is 24.3 Å². The summed E-state index contributed by atoms with van der Waals surface area (Å²) in [6, 6.07) is 14.8. The Morgan fingerprint density at radius 3 is 2.52 bits per heavy atom. The molecular formula is C23H25N5O3. The maximum atomic E-state index is 13.3. The molecule has 8 heteroatoms. The first-order valence-electron chi connectivity index (χ1n) is 10.3. The Morgan fingerprint density at radius 2 is 1.77 bits per heavy atom. The minimum Gasteiger partial charge on any atom is -0.354 e. The number of carbonyl (C=O) groups is 1. The van der Waals surface area contributed by atoms with Crippen molar-refractivity contribution in [3.05, 3.63) is 80.5 Å². The van der Waals surface area contributed by atoms with Crippen LogP contribution >= 0.6 is 0 Å². The fourth-order valence-electron chi connectivity index (χ4n) is 3.73. The second kappa shape index (κ2) is 8.22. The molecule has 1 N–H and O–H groups in total. The third-order valence-electron chi connectivity index (χ3n) is 5.28. The maximum absolute atomic E-state index is 13.3. The Hall–Kier alpha value is -3.68. The van der Waals surface area contributed by atoms with Crippen molar-refractivity contribution in [3.63, 3.8) is 0 Å². The molecule has 0 fully saturated rings. The number of nitrogens with one attached hydrogen (secondary N) is 1. The van der Waals surface area contributed by atoms with Gasteiger partial charge in [-0.2, -0.15) is 0 Å².